The molecule has 0 saturated heterocycles. The van der Waals surface area contributed by atoms with Crippen molar-refractivity contribution >= 4 is 5.78 Å². The summed E-state index contributed by atoms with van der Waals surface area (Å²) < 4.78 is 41.2. The Bertz CT molecular complexity index is 269. The number of Topliss-reactive ketones (excluding diaryl/α,β-unsaturated/α-hetero) is 1. The molecule has 1 saturated carbocycles. The topological polar surface area (TPSA) is 26.3 Å². The molecule has 0 heterocycles. The van der Waals surface area contributed by atoms with Crippen LogP contribution in [-0.4, -0.2) is 24.7 Å². The number of rotatable bonds is 6. The van der Waals surface area contributed by atoms with Crippen LogP contribution in [0.4, 0.5) is 13.2 Å². The zero-order valence-corrected chi connectivity index (χ0v) is 10.3. The van der Waals surface area contributed by atoms with Crippen molar-refractivity contribution in [2.75, 3.05) is 6.61 Å². The van der Waals surface area contributed by atoms with Gasteiger partial charge in [0.2, 0.25) is 0 Å². The van der Waals surface area contributed by atoms with Gasteiger partial charge in [0.1, 0.15) is 5.78 Å². The third-order valence-electron chi connectivity index (χ3n) is 3.73. The fourth-order valence-corrected chi connectivity index (χ4v) is 2.43. The molecule has 1 aliphatic rings. The average Bonchev–Trinajstić information content (AvgIpc) is 2.23. The van der Waals surface area contributed by atoms with Gasteiger partial charge in [0.15, 0.2) is 0 Å². The van der Waals surface area contributed by atoms with Crippen LogP contribution in [0.2, 0.25) is 0 Å². The molecule has 1 atom stereocenters. The van der Waals surface area contributed by atoms with E-state index < -0.39 is 18.0 Å². The molecule has 0 aromatic rings. The summed E-state index contributed by atoms with van der Waals surface area (Å²) in [6, 6.07) is 0. The minimum absolute atomic E-state index is 0.0301. The minimum atomic E-state index is -4.12. The molecule has 1 aliphatic carbocycles. The fraction of sp³-hybridized carbons (Fsp3) is 0.917. The van der Waals surface area contributed by atoms with Crippen LogP contribution in [0.1, 0.15) is 46.0 Å². The Kier molecular flexibility index (Phi) is 4.58. The van der Waals surface area contributed by atoms with E-state index in [9.17, 15) is 18.0 Å². The molecule has 17 heavy (non-hydrogen) atoms. The summed E-state index contributed by atoms with van der Waals surface area (Å²) in [7, 11) is 0. The second kappa shape index (κ2) is 5.38. The number of ketones is 1. The van der Waals surface area contributed by atoms with Gasteiger partial charge in [-0.05, 0) is 19.3 Å². The Labute approximate surface area is 99.5 Å². The molecule has 0 aromatic heterocycles. The van der Waals surface area contributed by atoms with Crippen LogP contribution in [0.5, 0.6) is 0 Å². The van der Waals surface area contributed by atoms with Gasteiger partial charge in [-0.15, -0.1) is 0 Å². The number of halogens is 3. The van der Waals surface area contributed by atoms with Crippen molar-refractivity contribution in [3.63, 3.8) is 0 Å². The summed E-state index contributed by atoms with van der Waals surface area (Å²) in [5.74, 6) is 0.184. The summed E-state index contributed by atoms with van der Waals surface area (Å²) >= 11 is 0. The minimum Gasteiger partial charge on any atom is -0.377 e. The fourth-order valence-electron chi connectivity index (χ4n) is 2.43. The highest BCUT2D eigenvalue weighted by Crippen LogP contribution is 2.45. The second-order valence-electron chi connectivity index (χ2n) is 4.57. The maximum Gasteiger partial charge on any atom is 0.389 e. The van der Waals surface area contributed by atoms with Crippen LogP contribution in [0.15, 0.2) is 0 Å². The Morgan fingerprint density at radius 1 is 1.35 bits per heavy atom. The largest absolute Gasteiger partial charge is 0.389 e. The van der Waals surface area contributed by atoms with Gasteiger partial charge in [0.05, 0.1) is 11.5 Å². The quantitative estimate of drug-likeness (QED) is 0.676. The number of carbonyl (C=O) groups excluding carboxylic acids is 1. The monoisotopic (exact) mass is 252 g/mol. The van der Waals surface area contributed by atoms with Gasteiger partial charge in [0, 0.05) is 19.4 Å². The van der Waals surface area contributed by atoms with Crippen molar-refractivity contribution in [2.24, 2.45) is 5.41 Å². The van der Waals surface area contributed by atoms with E-state index in [-0.39, 0.29) is 24.9 Å². The van der Waals surface area contributed by atoms with Crippen molar-refractivity contribution in [3.05, 3.63) is 0 Å². The van der Waals surface area contributed by atoms with Crippen LogP contribution in [0.25, 0.3) is 0 Å². The van der Waals surface area contributed by atoms with Crippen molar-refractivity contribution in [1.29, 1.82) is 0 Å². The van der Waals surface area contributed by atoms with E-state index in [0.29, 0.717) is 19.3 Å². The Morgan fingerprint density at radius 3 is 2.35 bits per heavy atom. The van der Waals surface area contributed by atoms with E-state index in [0.717, 1.165) is 0 Å². The van der Waals surface area contributed by atoms with Crippen LogP contribution >= 0.6 is 0 Å². The lowest BCUT2D eigenvalue weighted by Crippen LogP contribution is -2.54. The highest BCUT2D eigenvalue weighted by Gasteiger charge is 2.52. The molecule has 2 nitrogen and oxygen atoms in total. The van der Waals surface area contributed by atoms with Gasteiger partial charge in [-0.3, -0.25) is 4.79 Å². The van der Waals surface area contributed by atoms with E-state index in [1.807, 2.05) is 13.8 Å². The number of alkyl halides is 3. The van der Waals surface area contributed by atoms with E-state index in [4.69, 9.17) is 4.74 Å². The number of hydrogen-bond acceptors (Lipinski definition) is 2. The Balaban J connectivity index is 2.31. The average molecular weight is 252 g/mol. The predicted octanol–water partition coefficient (Wildman–Crippen LogP) is 3.49. The summed E-state index contributed by atoms with van der Waals surface area (Å²) in [5, 5.41) is 0. The summed E-state index contributed by atoms with van der Waals surface area (Å²) in [4.78, 5) is 11.6. The van der Waals surface area contributed by atoms with Crippen molar-refractivity contribution in [3.8, 4) is 0 Å². The Morgan fingerprint density at radius 2 is 1.94 bits per heavy atom. The molecule has 0 bridgehead atoms. The van der Waals surface area contributed by atoms with Crippen molar-refractivity contribution < 1.29 is 22.7 Å². The first-order chi connectivity index (χ1) is 7.85. The molecular weight excluding hydrogens is 233 g/mol. The van der Waals surface area contributed by atoms with Crippen molar-refractivity contribution in [1.82, 2.24) is 0 Å². The zero-order valence-electron chi connectivity index (χ0n) is 10.3. The summed E-state index contributed by atoms with van der Waals surface area (Å²) in [6.07, 6.45) is -3.40. The molecule has 1 unspecified atom stereocenters. The first-order valence-corrected chi connectivity index (χ1v) is 6.07. The molecule has 0 amide bonds. The van der Waals surface area contributed by atoms with Crippen molar-refractivity contribution in [2.45, 2.75) is 58.2 Å². The predicted molar refractivity (Wildman–Crippen MR) is 57.7 cm³/mol. The highest BCUT2D eigenvalue weighted by atomic mass is 19.4. The lowest BCUT2D eigenvalue weighted by atomic mass is 9.61. The first kappa shape index (κ1) is 14.5. The molecular formula is C12H19F3O2. The Hall–Kier alpha value is -0.580. The molecule has 0 aliphatic heterocycles. The lowest BCUT2D eigenvalue weighted by molar-refractivity contribution is -0.169. The molecule has 1 rings (SSSR count). The van der Waals surface area contributed by atoms with Crippen LogP contribution in [0, 0.1) is 5.41 Å². The molecule has 1 fully saturated rings. The third-order valence-corrected chi connectivity index (χ3v) is 3.73. The van der Waals surface area contributed by atoms with Gasteiger partial charge >= 0.3 is 6.18 Å². The zero-order chi connectivity index (χ0) is 13.1. The molecule has 5 heteroatoms. The smallest absolute Gasteiger partial charge is 0.377 e. The van der Waals surface area contributed by atoms with Gasteiger partial charge in [-0.1, -0.05) is 13.8 Å². The summed E-state index contributed by atoms with van der Waals surface area (Å²) in [6.45, 7) is 3.93. The normalized spacial score (nSPS) is 23.6. The lowest BCUT2D eigenvalue weighted by Gasteiger charge is -2.46. The summed E-state index contributed by atoms with van der Waals surface area (Å²) in [5.41, 5.74) is -0.432. The molecule has 0 aromatic carbocycles. The molecule has 100 valence electrons. The van der Waals surface area contributed by atoms with Crippen LogP contribution in [-0.2, 0) is 9.53 Å². The van der Waals surface area contributed by atoms with Crippen LogP contribution < -0.4 is 0 Å². The highest BCUT2D eigenvalue weighted by molar-refractivity contribution is 5.92. The van der Waals surface area contributed by atoms with Gasteiger partial charge in [0.25, 0.3) is 0 Å². The SMILES string of the molecule is CCC1(CC)C(=O)CC1OCCCC(F)(F)F. The first-order valence-electron chi connectivity index (χ1n) is 6.07. The number of hydrogen-bond donors (Lipinski definition) is 0. The van der Waals surface area contributed by atoms with E-state index in [1.165, 1.54) is 0 Å². The van der Waals surface area contributed by atoms with Gasteiger partial charge in [-0.25, -0.2) is 0 Å². The standard InChI is InChI=1S/C12H19F3O2/c1-3-11(4-2)9(16)8-10(11)17-7-5-6-12(13,14)15/h10H,3-8H2,1-2H3. The van der Waals surface area contributed by atoms with Gasteiger partial charge in [-0.2, -0.15) is 13.2 Å². The van der Waals surface area contributed by atoms with E-state index in [2.05, 4.69) is 0 Å². The third kappa shape index (κ3) is 3.21. The molecule has 0 radical (unpaired) electrons. The number of carbonyl (C=O) groups is 1. The molecule has 0 spiro atoms. The van der Waals surface area contributed by atoms with Crippen LogP contribution in [0.3, 0.4) is 0 Å². The molecule has 0 N–H and O–H groups in total. The maximum atomic E-state index is 11.9. The maximum absolute atomic E-state index is 11.9. The van der Waals surface area contributed by atoms with E-state index >= 15 is 0 Å². The second-order valence-corrected chi connectivity index (χ2v) is 4.57. The number of ether oxygens (including phenoxy) is 1. The van der Waals surface area contributed by atoms with Gasteiger partial charge < -0.3 is 4.74 Å². The van der Waals surface area contributed by atoms with E-state index in [1.54, 1.807) is 0 Å².